The third kappa shape index (κ3) is 4.08. The molecule has 0 saturated heterocycles. The Labute approximate surface area is 119 Å². The normalized spacial score (nSPS) is 12.6. The first-order valence-corrected chi connectivity index (χ1v) is 7.19. The molecule has 1 amide bonds. The van der Waals surface area contributed by atoms with Gasteiger partial charge in [-0.2, -0.15) is 17.5 Å². The van der Waals surface area contributed by atoms with E-state index in [0.29, 0.717) is 0 Å². The van der Waals surface area contributed by atoms with E-state index in [-0.39, 0.29) is 22.1 Å². The lowest BCUT2D eigenvalue weighted by Crippen LogP contribution is -2.39. The van der Waals surface area contributed by atoms with E-state index in [1.54, 1.807) is 0 Å². The molecule has 1 aromatic rings. The van der Waals surface area contributed by atoms with Crippen molar-refractivity contribution in [3.63, 3.8) is 0 Å². The molecule has 10 heteroatoms. The van der Waals surface area contributed by atoms with Gasteiger partial charge in [0.05, 0.1) is 5.69 Å². The molecule has 0 bridgehead atoms. The Morgan fingerprint density at radius 3 is 2.29 bits per heavy atom. The summed E-state index contributed by atoms with van der Waals surface area (Å²) in [5.74, 6) is -0.826. The number of sulfonamides is 1. The van der Waals surface area contributed by atoms with Crippen molar-refractivity contribution in [1.29, 1.82) is 0 Å². The number of nitrogens with zero attached hydrogens (tertiary/aromatic N) is 1. The second kappa shape index (κ2) is 5.90. The van der Waals surface area contributed by atoms with Crippen LogP contribution < -0.4 is 11.5 Å². The Hall–Kier alpha value is -1.81. The number of nitrogen functional groups attached to an aromatic ring is 1. The lowest BCUT2D eigenvalue weighted by atomic mass is 10.2. The predicted octanol–water partition coefficient (Wildman–Crippen LogP) is 0.941. The number of carbonyl (C=O) groups is 1. The van der Waals surface area contributed by atoms with Gasteiger partial charge in [0.2, 0.25) is 15.9 Å². The topological polar surface area (TPSA) is 106 Å². The van der Waals surface area contributed by atoms with Gasteiger partial charge in [-0.15, -0.1) is 0 Å². The van der Waals surface area contributed by atoms with Crippen LogP contribution in [0, 0.1) is 0 Å². The maximum absolute atomic E-state index is 12.4. The number of anilines is 1. The molecule has 0 atom stereocenters. The van der Waals surface area contributed by atoms with Gasteiger partial charge in [-0.3, -0.25) is 4.79 Å². The number of hydrogen-bond donors (Lipinski definition) is 2. The quantitative estimate of drug-likeness (QED) is 0.786. The van der Waals surface area contributed by atoms with Gasteiger partial charge in [0.1, 0.15) is 11.4 Å². The largest absolute Gasteiger partial charge is 0.402 e. The van der Waals surface area contributed by atoms with E-state index in [9.17, 15) is 26.4 Å². The number of hydrogen-bond acceptors (Lipinski definition) is 4. The molecular formula is C11H14F3N3O3S. The van der Waals surface area contributed by atoms with E-state index < -0.39 is 33.5 Å². The number of nitrogens with two attached hydrogens (primary N) is 2. The molecule has 118 valence electrons. The zero-order valence-electron chi connectivity index (χ0n) is 11.0. The van der Waals surface area contributed by atoms with Crippen LogP contribution in [-0.2, 0) is 10.0 Å². The third-order valence-electron chi connectivity index (χ3n) is 2.62. The Bertz CT molecular complexity index is 644. The SMILES string of the molecule is CCN(CC(F)(F)F)S(=O)(=O)c1ccc(C(N)=O)cc1N. The molecule has 0 saturated carbocycles. The second-order valence-electron chi connectivity index (χ2n) is 4.16. The van der Waals surface area contributed by atoms with Crippen molar-refractivity contribution in [2.75, 3.05) is 18.8 Å². The van der Waals surface area contributed by atoms with Crippen molar-refractivity contribution < 1.29 is 26.4 Å². The predicted molar refractivity (Wildman–Crippen MR) is 69.9 cm³/mol. The smallest absolute Gasteiger partial charge is 0.398 e. The van der Waals surface area contributed by atoms with Crippen LogP contribution in [0.2, 0.25) is 0 Å². The number of benzene rings is 1. The van der Waals surface area contributed by atoms with Crippen molar-refractivity contribution >= 4 is 21.6 Å². The lowest BCUT2D eigenvalue weighted by Gasteiger charge is -2.22. The van der Waals surface area contributed by atoms with Gasteiger partial charge >= 0.3 is 6.18 Å². The van der Waals surface area contributed by atoms with Crippen molar-refractivity contribution in [2.45, 2.75) is 18.0 Å². The molecular weight excluding hydrogens is 311 g/mol. The maximum Gasteiger partial charge on any atom is 0.402 e. The fourth-order valence-electron chi connectivity index (χ4n) is 1.64. The first-order chi connectivity index (χ1) is 9.49. The highest BCUT2D eigenvalue weighted by Crippen LogP contribution is 2.26. The van der Waals surface area contributed by atoms with Crippen molar-refractivity contribution in [3.05, 3.63) is 23.8 Å². The highest BCUT2D eigenvalue weighted by Gasteiger charge is 2.36. The molecule has 1 rings (SSSR count). The summed E-state index contributed by atoms with van der Waals surface area (Å²) >= 11 is 0. The molecule has 1 aromatic carbocycles. The number of primary amides is 1. The number of alkyl halides is 3. The fourth-order valence-corrected chi connectivity index (χ4v) is 3.17. The molecule has 0 unspecified atom stereocenters. The van der Waals surface area contributed by atoms with Crippen molar-refractivity contribution in [1.82, 2.24) is 4.31 Å². The average molecular weight is 325 g/mol. The van der Waals surface area contributed by atoms with Crippen LogP contribution in [0.5, 0.6) is 0 Å². The molecule has 6 nitrogen and oxygen atoms in total. The van der Waals surface area contributed by atoms with E-state index in [2.05, 4.69) is 0 Å². The summed E-state index contributed by atoms with van der Waals surface area (Å²) in [7, 11) is -4.42. The van der Waals surface area contributed by atoms with Crippen LogP contribution in [0.3, 0.4) is 0 Å². The van der Waals surface area contributed by atoms with Gasteiger partial charge in [0, 0.05) is 12.1 Å². The van der Waals surface area contributed by atoms with E-state index in [1.165, 1.54) is 6.92 Å². The first-order valence-electron chi connectivity index (χ1n) is 5.75. The van der Waals surface area contributed by atoms with Crippen LogP contribution in [0.25, 0.3) is 0 Å². The minimum absolute atomic E-state index is 0.0367. The van der Waals surface area contributed by atoms with Crippen molar-refractivity contribution in [2.24, 2.45) is 5.73 Å². The van der Waals surface area contributed by atoms with Gasteiger partial charge in [0.25, 0.3) is 0 Å². The van der Waals surface area contributed by atoms with Gasteiger partial charge in [-0.25, -0.2) is 8.42 Å². The zero-order chi connectivity index (χ0) is 16.4. The molecule has 0 radical (unpaired) electrons. The summed E-state index contributed by atoms with van der Waals surface area (Å²) in [5, 5.41) is 0. The van der Waals surface area contributed by atoms with Gasteiger partial charge in [-0.1, -0.05) is 6.92 Å². The van der Waals surface area contributed by atoms with Gasteiger partial charge in [-0.05, 0) is 18.2 Å². The second-order valence-corrected chi connectivity index (χ2v) is 6.07. The molecule has 0 aromatic heterocycles. The lowest BCUT2D eigenvalue weighted by molar-refractivity contribution is -0.135. The highest BCUT2D eigenvalue weighted by molar-refractivity contribution is 7.89. The number of halogens is 3. The standard InChI is InChI=1S/C11H14F3N3O3S/c1-2-17(6-11(12,13)14)21(19,20)9-4-3-7(10(16)18)5-8(9)15/h3-5H,2,6,15H2,1H3,(H2,16,18). The van der Waals surface area contributed by atoms with Gasteiger partial charge in [0.15, 0.2) is 0 Å². The Balaban J connectivity index is 3.26. The third-order valence-corrected chi connectivity index (χ3v) is 4.62. The zero-order valence-corrected chi connectivity index (χ0v) is 11.8. The molecule has 0 spiro atoms. The Kier molecular flexibility index (Phi) is 4.84. The van der Waals surface area contributed by atoms with Crippen LogP contribution in [-0.4, -0.2) is 37.9 Å². The summed E-state index contributed by atoms with van der Waals surface area (Å²) in [6, 6.07) is 3.06. The maximum atomic E-state index is 12.4. The minimum atomic E-state index is -4.68. The highest BCUT2D eigenvalue weighted by atomic mass is 32.2. The average Bonchev–Trinajstić information content (AvgIpc) is 2.34. The Morgan fingerprint density at radius 1 is 1.33 bits per heavy atom. The molecule has 0 aliphatic rings. The van der Waals surface area contributed by atoms with Crippen LogP contribution >= 0.6 is 0 Å². The van der Waals surface area contributed by atoms with Gasteiger partial charge < -0.3 is 11.5 Å². The Morgan fingerprint density at radius 2 is 1.90 bits per heavy atom. The van der Waals surface area contributed by atoms with Crippen LogP contribution in [0.15, 0.2) is 23.1 Å². The molecule has 0 aliphatic carbocycles. The first kappa shape index (κ1) is 17.2. The van der Waals surface area contributed by atoms with Crippen LogP contribution in [0.4, 0.5) is 18.9 Å². The van der Waals surface area contributed by atoms with E-state index >= 15 is 0 Å². The van der Waals surface area contributed by atoms with Crippen molar-refractivity contribution in [3.8, 4) is 0 Å². The molecule has 0 fully saturated rings. The van der Waals surface area contributed by atoms with E-state index in [0.717, 1.165) is 18.2 Å². The summed E-state index contributed by atoms with van der Waals surface area (Å²) in [4.78, 5) is 10.4. The molecule has 21 heavy (non-hydrogen) atoms. The number of carbonyl (C=O) groups excluding carboxylic acids is 1. The summed E-state index contributed by atoms with van der Waals surface area (Å²) in [5.41, 5.74) is 10.1. The van der Waals surface area contributed by atoms with E-state index in [1.807, 2.05) is 0 Å². The summed E-state index contributed by atoms with van der Waals surface area (Å²) in [6.45, 7) is -0.723. The number of amides is 1. The van der Waals surface area contributed by atoms with E-state index in [4.69, 9.17) is 11.5 Å². The fraction of sp³-hybridized carbons (Fsp3) is 0.364. The monoisotopic (exact) mass is 325 g/mol. The molecule has 4 N–H and O–H groups in total. The molecule has 0 aliphatic heterocycles. The summed E-state index contributed by atoms with van der Waals surface area (Å²) < 4.78 is 61.8. The number of rotatable bonds is 5. The molecule has 0 heterocycles. The minimum Gasteiger partial charge on any atom is -0.398 e. The summed E-state index contributed by atoms with van der Waals surface area (Å²) in [6.07, 6.45) is -4.68. The van der Waals surface area contributed by atoms with Crippen LogP contribution in [0.1, 0.15) is 17.3 Å².